The normalized spacial score (nSPS) is 13.0. The largest absolute Gasteiger partial charge is 0.496 e. The van der Waals surface area contributed by atoms with Crippen molar-refractivity contribution in [2.24, 2.45) is 0 Å². The Morgan fingerprint density at radius 1 is 1.08 bits per heavy atom. The Labute approximate surface area is 143 Å². The third-order valence-corrected chi connectivity index (χ3v) is 3.99. The zero-order valence-electron chi connectivity index (χ0n) is 14.7. The summed E-state index contributed by atoms with van der Waals surface area (Å²) < 4.78 is 11.3. The molecule has 128 valence electrons. The quantitative estimate of drug-likeness (QED) is 0.835. The monoisotopic (exact) mass is 327 g/mol. The third-order valence-electron chi connectivity index (χ3n) is 3.99. The Hall–Kier alpha value is -2.49. The van der Waals surface area contributed by atoms with Gasteiger partial charge in [0, 0.05) is 5.56 Å². The highest BCUT2D eigenvalue weighted by Gasteiger charge is 2.22. The number of hydrogen-bond acceptors (Lipinski definition) is 3. The molecule has 0 heterocycles. The second-order valence-corrected chi connectivity index (χ2v) is 5.75. The van der Waals surface area contributed by atoms with Gasteiger partial charge < -0.3 is 14.8 Å². The summed E-state index contributed by atoms with van der Waals surface area (Å²) in [6, 6.07) is 15.2. The van der Waals surface area contributed by atoms with Crippen LogP contribution in [0.1, 0.15) is 37.4 Å². The number of hydrogen-bond donors (Lipinski definition) is 1. The zero-order chi connectivity index (χ0) is 17.5. The number of rotatable bonds is 7. The maximum Gasteiger partial charge on any atom is 0.261 e. The average molecular weight is 327 g/mol. The smallest absolute Gasteiger partial charge is 0.261 e. The van der Waals surface area contributed by atoms with Gasteiger partial charge in [0.2, 0.25) is 0 Å². The molecule has 2 rings (SSSR count). The highest BCUT2D eigenvalue weighted by molar-refractivity contribution is 5.81. The molecule has 2 atom stereocenters. The predicted octanol–water partition coefficient (Wildman–Crippen LogP) is 4.04. The second kappa shape index (κ2) is 8.39. The molecule has 1 amide bonds. The molecule has 24 heavy (non-hydrogen) atoms. The zero-order valence-corrected chi connectivity index (χ0v) is 14.7. The summed E-state index contributed by atoms with van der Waals surface area (Å²) in [5, 5.41) is 3.02. The molecule has 0 aliphatic rings. The van der Waals surface area contributed by atoms with Crippen LogP contribution in [0.5, 0.6) is 11.5 Å². The van der Waals surface area contributed by atoms with Gasteiger partial charge in [0.1, 0.15) is 11.5 Å². The minimum Gasteiger partial charge on any atom is -0.496 e. The van der Waals surface area contributed by atoms with Crippen LogP contribution in [0.15, 0.2) is 48.5 Å². The fourth-order valence-corrected chi connectivity index (χ4v) is 2.57. The average Bonchev–Trinajstić information content (AvgIpc) is 2.60. The van der Waals surface area contributed by atoms with Gasteiger partial charge in [-0.3, -0.25) is 4.79 Å². The van der Waals surface area contributed by atoms with Crippen molar-refractivity contribution >= 4 is 5.91 Å². The summed E-state index contributed by atoms with van der Waals surface area (Å²) in [4.78, 5) is 12.6. The fourth-order valence-electron chi connectivity index (χ4n) is 2.57. The molecule has 0 fully saturated rings. The highest BCUT2D eigenvalue weighted by atomic mass is 16.5. The van der Waals surface area contributed by atoms with Crippen LogP contribution in [0.3, 0.4) is 0 Å². The lowest BCUT2D eigenvalue weighted by Gasteiger charge is -2.22. The number of amides is 1. The second-order valence-electron chi connectivity index (χ2n) is 5.75. The first kappa shape index (κ1) is 17.9. The first-order chi connectivity index (χ1) is 11.6. The molecule has 0 aromatic heterocycles. The van der Waals surface area contributed by atoms with E-state index in [4.69, 9.17) is 9.47 Å². The van der Waals surface area contributed by atoms with Gasteiger partial charge in [0.15, 0.2) is 6.10 Å². The predicted molar refractivity (Wildman–Crippen MR) is 95.4 cm³/mol. The summed E-state index contributed by atoms with van der Waals surface area (Å²) in [6.45, 7) is 5.85. The summed E-state index contributed by atoms with van der Waals surface area (Å²) >= 11 is 0. The summed E-state index contributed by atoms with van der Waals surface area (Å²) in [5.41, 5.74) is 1.96. The third kappa shape index (κ3) is 4.28. The van der Waals surface area contributed by atoms with Crippen LogP contribution in [0.25, 0.3) is 0 Å². The molecule has 0 saturated carbocycles. The van der Waals surface area contributed by atoms with E-state index in [-0.39, 0.29) is 11.9 Å². The summed E-state index contributed by atoms with van der Waals surface area (Å²) in [7, 11) is 1.63. The molecule has 0 aliphatic heterocycles. The molecule has 0 bridgehead atoms. The molecule has 0 radical (unpaired) electrons. The molecule has 2 aromatic rings. The maximum absolute atomic E-state index is 12.6. The highest BCUT2D eigenvalue weighted by Crippen LogP contribution is 2.25. The Balaban J connectivity index is 2.07. The van der Waals surface area contributed by atoms with Gasteiger partial charge in [-0.2, -0.15) is 0 Å². The molecule has 2 aromatic carbocycles. The van der Waals surface area contributed by atoms with Crippen molar-refractivity contribution in [1.82, 2.24) is 5.32 Å². The number of methoxy groups -OCH3 is 1. The fraction of sp³-hybridized carbons (Fsp3) is 0.350. The minimum atomic E-state index is -0.525. The summed E-state index contributed by atoms with van der Waals surface area (Å²) in [6.07, 6.45) is 0.0713. The number of ether oxygens (including phenoxy) is 2. The molecule has 4 nitrogen and oxygen atoms in total. The van der Waals surface area contributed by atoms with E-state index in [1.54, 1.807) is 7.11 Å². The molecule has 1 N–H and O–H groups in total. The van der Waals surface area contributed by atoms with Crippen molar-refractivity contribution in [3.8, 4) is 11.5 Å². The topological polar surface area (TPSA) is 47.6 Å². The Morgan fingerprint density at radius 2 is 1.71 bits per heavy atom. The summed E-state index contributed by atoms with van der Waals surface area (Å²) in [5.74, 6) is 1.38. The lowest BCUT2D eigenvalue weighted by Crippen LogP contribution is -2.39. The number of carbonyl (C=O) groups excluding carboxylic acids is 1. The van der Waals surface area contributed by atoms with Crippen molar-refractivity contribution in [3.63, 3.8) is 0 Å². The first-order valence-corrected chi connectivity index (χ1v) is 8.22. The lowest BCUT2D eigenvalue weighted by molar-refractivity contribution is -0.128. The molecule has 4 heteroatoms. The van der Waals surface area contributed by atoms with Crippen LogP contribution in [-0.4, -0.2) is 19.1 Å². The van der Waals surface area contributed by atoms with Crippen LogP contribution < -0.4 is 14.8 Å². The number of para-hydroxylation sites is 2. The lowest BCUT2D eigenvalue weighted by atomic mass is 10.1. The number of nitrogens with one attached hydrogen (secondary N) is 1. The minimum absolute atomic E-state index is 0.126. The van der Waals surface area contributed by atoms with Gasteiger partial charge in [-0.25, -0.2) is 0 Å². The molecular weight excluding hydrogens is 302 g/mol. The van der Waals surface area contributed by atoms with Crippen LogP contribution in [0.2, 0.25) is 0 Å². The van der Waals surface area contributed by atoms with E-state index >= 15 is 0 Å². The van der Waals surface area contributed by atoms with Crippen LogP contribution in [-0.2, 0) is 4.79 Å². The van der Waals surface area contributed by atoms with Crippen molar-refractivity contribution in [1.29, 1.82) is 0 Å². The molecule has 0 spiro atoms. The molecule has 0 saturated heterocycles. The Morgan fingerprint density at radius 3 is 2.33 bits per heavy atom. The van der Waals surface area contributed by atoms with Gasteiger partial charge in [-0.1, -0.05) is 43.3 Å². The van der Waals surface area contributed by atoms with Gasteiger partial charge in [0.05, 0.1) is 13.2 Å². The number of carbonyl (C=O) groups is 1. The Kier molecular flexibility index (Phi) is 6.24. The van der Waals surface area contributed by atoms with Gasteiger partial charge in [-0.05, 0) is 38.0 Å². The van der Waals surface area contributed by atoms with E-state index in [9.17, 15) is 4.79 Å². The van der Waals surface area contributed by atoms with E-state index in [2.05, 4.69) is 5.32 Å². The van der Waals surface area contributed by atoms with E-state index in [0.717, 1.165) is 22.6 Å². The van der Waals surface area contributed by atoms with E-state index in [1.165, 1.54) is 0 Å². The van der Waals surface area contributed by atoms with Crippen molar-refractivity contribution < 1.29 is 14.3 Å². The van der Waals surface area contributed by atoms with Gasteiger partial charge >= 0.3 is 0 Å². The van der Waals surface area contributed by atoms with Crippen molar-refractivity contribution in [2.75, 3.05) is 7.11 Å². The maximum atomic E-state index is 12.6. The van der Waals surface area contributed by atoms with Crippen LogP contribution in [0.4, 0.5) is 0 Å². The number of aryl methyl sites for hydroxylation is 1. The van der Waals surface area contributed by atoms with Crippen LogP contribution in [0, 0.1) is 6.92 Å². The number of benzene rings is 2. The van der Waals surface area contributed by atoms with Gasteiger partial charge in [-0.15, -0.1) is 0 Å². The SMILES string of the molecule is CCC(Oc1ccccc1C)C(=O)NC(C)c1ccccc1OC. The van der Waals surface area contributed by atoms with E-state index < -0.39 is 6.10 Å². The molecule has 0 aliphatic carbocycles. The van der Waals surface area contributed by atoms with E-state index in [1.807, 2.05) is 69.3 Å². The molecule has 2 unspecified atom stereocenters. The van der Waals surface area contributed by atoms with Crippen molar-refractivity contribution in [2.45, 2.75) is 39.3 Å². The van der Waals surface area contributed by atoms with Crippen molar-refractivity contribution in [3.05, 3.63) is 59.7 Å². The Bertz CT molecular complexity index is 684. The van der Waals surface area contributed by atoms with E-state index in [0.29, 0.717) is 6.42 Å². The molecular formula is C20H25NO3. The van der Waals surface area contributed by atoms with Crippen LogP contribution >= 0.6 is 0 Å². The first-order valence-electron chi connectivity index (χ1n) is 8.22. The standard InChI is InChI=1S/C20H25NO3/c1-5-17(24-18-12-8-6-10-14(18)2)20(22)21-15(3)16-11-7-9-13-19(16)23-4/h6-13,15,17H,5H2,1-4H3,(H,21,22). The van der Waals surface area contributed by atoms with Gasteiger partial charge in [0.25, 0.3) is 5.91 Å².